The van der Waals surface area contributed by atoms with Crippen molar-refractivity contribution in [2.75, 3.05) is 20.3 Å². The van der Waals surface area contributed by atoms with E-state index in [1.807, 2.05) is 25.1 Å². The predicted molar refractivity (Wildman–Crippen MR) is 72.1 cm³/mol. The fraction of sp³-hybridized carbons (Fsp3) is 0.462. The molecule has 0 heterocycles. The minimum absolute atomic E-state index is 0.0351. The Labute approximate surface area is 107 Å². The van der Waals surface area contributed by atoms with Crippen LogP contribution in [0.15, 0.2) is 30.3 Å². The van der Waals surface area contributed by atoms with E-state index in [4.69, 9.17) is 4.74 Å². The molecule has 1 N–H and O–H groups in total. The van der Waals surface area contributed by atoms with Crippen molar-refractivity contribution in [3.63, 3.8) is 0 Å². The van der Waals surface area contributed by atoms with Gasteiger partial charge in [-0.05, 0) is 12.5 Å². The molecule has 0 aromatic heterocycles. The molecule has 1 atom stereocenters. The van der Waals surface area contributed by atoms with Crippen LogP contribution in [0.4, 0.5) is 0 Å². The Morgan fingerprint density at radius 3 is 2.76 bits per heavy atom. The second-order valence-electron chi connectivity index (χ2n) is 3.72. The van der Waals surface area contributed by atoms with Gasteiger partial charge in [-0.1, -0.05) is 30.3 Å². The Balaban J connectivity index is 2.24. The van der Waals surface area contributed by atoms with Crippen LogP contribution in [0.1, 0.15) is 12.5 Å². The molecule has 4 heteroatoms. The molecule has 0 aliphatic carbocycles. The summed E-state index contributed by atoms with van der Waals surface area (Å²) >= 11 is 1.64. The van der Waals surface area contributed by atoms with Gasteiger partial charge in [0, 0.05) is 19.4 Å². The van der Waals surface area contributed by atoms with Crippen LogP contribution >= 0.6 is 11.8 Å². The highest BCUT2D eigenvalue weighted by molar-refractivity contribution is 7.99. The molecule has 0 spiro atoms. The summed E-state index contributed by atoms with van der Waals surface area (Å²) in [5.74, 6) is 0.933. The standard InChI is InChI=1S/C13H19NO2S/c1-11(13(15)14-8-9-16-2)17-10-12-6-4-3-5-7-12/h3-7,11H,8-10H2,1-2H3,(H,14,15). The first-order chi connectivity index (χ1) is 8.24. The molecule has 0 radical (unpaired) electrons. The third-order valence-electron chi connectivity index (χ3n) is 2.32. The number of benzene rings is 1. The van der Waals surface area contributed by atoms with Crippen LogP contribution in [0.2, 0.25) is 0 Å². The topological polar surface area (TPSA) is 38.3 Å². The number of hydrogen-bond acceptors (Lipinski definition) is 3. The average Bonchev–Trinajstić information content (AvgIpc) is 2.37. The van der Waals surface area contributed by atoms with Crippen LogP contribution in [-0.2, 0) is 15.3 Å². The maximum Gasteiger partial charge on any atom is 0.232 e. The van der Waals surface area contributed by atoms with Gasteiger partial charge in [-0.2, -0.15) is 0 Å². The van der Waals surface area contributed by atoms with Gasteiger partial charge in [-0.3, -0.25) is 4.79 Å². The molecule has 94 valence electrons. The Bertz CT molecular complexity index is 329. The fourth-order valence-electron chi connectivity index (χ4n) is 1.29. The van der Waals surface area contributed by atoms with E-state index >= 15 is 0 Å². The zero-order chi connectivity index (χ0) is 12.5. The van der Waals surface area contributed by atoms with Crippen LogP contribution < -0.4 is 5.32 Å². The number of hydrogen-bond donors (Lipinski definition) is 1. The van der Waals surface area contributed by atoms with Crippen molar-refractivity contribution >= 4 is 17.7 Å². The number of carbonyl (C=O) groups excluding carboxylic acids is 1. The van der Waals surface area contributed by atoms with Crippen molar-refractivity contribution in [2.45, 2.75) is 17.9 Å². The van der Waals surface area contributed by atoms with E-state index in [9.17, 15) is 4.79 Å². The highest BCUT2D eigenvalue weighted by atomic mass is 32.2. The summed E-state index contributed by atoms with van der Waals surface area (Å²) in [4.78, 5) is 11.7. The molecular weight excluding hydrogens is 234 g/mol. The Morgan fingerprint density at radius 1 is 1.41 bits per heavy atom. The van der Waals surface area contributed by atoms with E-state index in [0.29, 0.717) is 13.2 Å². The Morgan fingerprint density at radius 2 is 2.12 bits per heavy atom. The average molecular weight is 253 g/mol. The highest BCUT2D eigenvalue weighted by Gasteiger charge is 2.12. The number of nitrogens with one attached hydrogen (secondary N) is 1. The summed E-state index contributed by atoms with van der Waals surface area (Å²) in [6.45, 7) is 3.06. The van der Waals surface area contributed by atoms with Gasteiger partial charge in [0.2, 0.25) is 5.91 Å². The molecule has 0 aliphatic rings. The summed E-state index contributed by atoms with van der Waals surface area (Å²) in [5, 5.41) is 2.80. The molecule has 1 unspecified atom stereocenters. The minimum atomic E-state index is -0.0351. The number of ether oxygens (including phenoxy) is 1. The molecule has 0 aliphatic heterocycles. The van der Waals surface area contributed by atoms with E-state index in [1.165, 1.54) is 5.56 Å². The Hall–Kier alpha value is -1.00. The van der Waals surface area contributed by atoms with E-state index < -0.39 is 0 Å². The van der Waals surface area contributed by atoms with Crippen molar-refractivity contribution < 1.29 is 9.53 Å². The van der Waals surface area contributed by atoms with Crippen LogP contribution in [0.5, 0.6) is 0 Å². The van der Waals surface area contributed by atoms with E-state index in [0.717, 1.165) is 5.75 Å². The van der Waals surface area contributed by atoms with Crippen molar-refractivity contribution in [3.05, 3.63) is 35.9 Å². The molecule has 1 rings (SSSR count). The first-order valence-corrected chi connectivity index (χ1v) is 6.71. The van der Waals surface area contributed by atoms with Crippen molar-refractivity contribution in [2.24, 2.45) is 0 Å². The third kappa shape index (κ3) is 5.75. The maximum atomic E-state index is 11.7. The smallest absolute Gasteiger partial charge is 0.232 e. The minimum Gasteiger partial charge on any atom is -0.383 e. The zero-order valence-electron chi connectivity index (χ0n) is 10.3. The van der Waals surface area contributed by atoms with Gasteiger partial charge in [-0.15, -0.1) is 11.8 Å². The number of amides is 1. The summed E-state index contributed by atoms with van der Waals surface area (Å²) in [6, 6.07) is 10.2. The van der Waals surface area contributed by atoms with Gasteiger partial charge in [0.25, 0.3) is 0 Å². The van der Waals surface area contributed by atoms with Gasteiger partial charge in [0.1, 0.15) is 0 Å². The largest absolute Gasteiger partial charge is 0.383 e. The summed E-state index contributed by atoms with van der Waals surface area (Å²) < 4.78 is 4.88. The third-order valence-corrected chi connectivity index (χ3v) is 3.53. The lowest BCUT2D eigenvalue weighted by atomic mass is 10.2. The summed E-state index contributed by atoms with van der Waals surface area (Å²) in [6.07, 6.45) is 0. The lowest BCUT2D eigenvalue weighted by Crippen LogP contribution is -2.33. The van der Waals surface area contributed by atoms with Gasteiger partial charge in [-0.25, -0.2) is 0 Å². The van der Waals surface area contributed by atoms with Gasteiger partial charge < -0.3 is 10.1 Å². The molecule has 1 aromatic carbocycles. The monoisotopic (exact) mass is 253 g/mol. The predicted octanol–water partition coefficient (Wildman–Crippen LogP) is 2.07. The van der Waals surface area contributed by atoms with Crippen molar-refractivity contribution in [1.82, 2.24) is 5.32 Å². The van der Waals surface area contributed by atoms with Crippen LogP contribution in [0.3, 0.4) is 0 Å². The maximum absolute atomic E-state index is 11.7. The quantitative estimate of drug-likeness (QED) is 0.756. The molecule has 1 amide bonds. The molecule has 1 aromatic rings. The number of rotatable bonds is 7. The zero-order valence-corrected chi connectivity index (χ0v) is 11.1. The van der Waals surface area contributed by atoms with Crippen LogP contribution in [0.25, 0.3) is 0 Å². The van der Waals surface area contributed by atoms with E-state index in [-0.39, 0.29) is 11.2 Å². The Kier molecular flexibility index (Phi) is 6.74. The van der Waals surface area contributed by atoms with E-state index in [2.05, 4.69) is 17.4 Å². The second-order valence-corrected chi connectivity index (χ2v) is 5.05. The SMILES string of the molecule is COCCNC(=O)C(C)SCc1ccccc1. The van der Waals surface area contributed by atoms with Crippen molar-refractivity contribution in [1.29, 1.82) is 0 Å². The number of methoxy groups -OCH3 is 1. The normalized spacial score (nSPS) is 12.1. The van der Waals surface area contributed by atoms with Crippen LogP contribution in [-0.4, -0.2) is 31.4 Å². The highest BCUT2D eigenvalue weighted by Crippen LogP contribution is 2.17. The first kappa shape index (κ1) is 14.1. The van der Waals surface area contributed by atoms with Crippen LogP contribution in [0, 0.1) is 0 Å². The molecule has 17 heavy (non-hydrogen) atoms. The molecule has 0 bridgehead atoms. The second kappa shape index (κ2) is 8.14. The summed E-state index contributed by atoms with van der Waals surface area (Å²) in [5.41, 5.74) is 1.24. The fourth-order valence-corrected chi connectivity index (χ4v) is 2.16. The van der Waals surface area contributed by atoms with Gasteiger partial charge >= 0.3 is 0 Å². The first-order valence-electron chi connectivity index (χ1n) is 5.66. The molecule has 0 saturated carbocycles. The lowest BCUT2D eigenvalue weighted by molar-refractivity contribution is -0.120. The summed E-state index contributed by atoms with van der Waals surface area (Å²) in [7, 11) is 1.62. The number of thioether (sulfide) groups is 1. The molecular formula is C13H19NO2S. The van der Waals surface area contributed by atoms with E-state index in [1.54, 1.807) is 18.9 Å². The molecule has 0 saturated heterocycles. The number of carbonyl (C=O) groups is 1. The molecule has 0 fully saturated rings. The molecule has 3 nitrogen and oxygen atoms in total. The van der Waals surface area contributed by atoms with Gasteiger partial charge in [0.05, 0.1) is 11.9 Å². The van der Waals surface area contributed by atoms with Gasteiger partial charge in [0.15, 0.2) is 0 Å². The lowest BCUT2D eigenvalue weighted by Gasteiger charge is -2.11. The van der Waals surface area contributed by atoms with Crippen molar-refractivity contribution in [3.8, 4) is 0 Å².